The Kier molecular flexibility index (Phi) is 6.93. The van der Waals surface area contributed by atoms with Crippen molar-refractivity contribution in [1.29, 1.82) is 0 Å². The molecule has 0 fully saturated rings. The minimum Gasteiger partial charge on any atom is -0.312 e. The summed E-state index contributed by atoms with van der Waals surface area (Å²) >= 11 is 0. The fraction of sp³-hybridized carbons (Fsp3) is 0.857. The largest absolute Gasteiger partial charge is 0.312 e. The Morgan fingerprint density at radius 1 is 1.19 bits per heavy atom. The Hall–Kier alpha value is -0.340. The number of nitrogens with one attached hydrogen (secondary N) is 1. The van der Waals surface area contributed by atoms with E-state index in [0.717, 1.165) is 25.9 Å². The molecule has 0 aromatic rings. The van der Waals surface area contributed by atoms with Gasteiger partial charge in [0.05, 0.1) is 0 Å². The van der Waals surface area contributed by atoms with Crippen LogP contribution in [0.3, 0.4) is 0 Å². The van der Waals surface area contributed by atoms with Gasteiger partial charge in [0.2, 0.25) is 0 Å². The number of hydrogen-bond donors (Lipinski definition) is 1. The monoisotopic (exact) mass is 226 g/mol. The first-order valence-corrected chi connectivity index (χ1v) is 6.61. The summed E-state index contributed by atoms with van der Waals surface area (Å²) in [6.45, 7) is 17.5. The van der Waals surface area contributed by atoms with E-state index in [1.54, 1.807) is 0 Å². The van der Waals surface area contributed by atoms with Gasteiger partial charge in [-0.3, -0.25) is 4.90 Å². The molecule has 96 valence electrons. The molecule has 16 heavy (non-hydrogen) atoms. The van der Waals surface area contributed by atoms with E-state index in [1.807, 2.05) is 7.05 Å². The lowest BCUT2D eigenvalue weighted by atomic mass is 9.79. The molecule has 0 rings (SSSR count). The first kappa shape index (κ1) is 15.7. The lowest BCUT2D eigenvalue weighted by molar-refractivity contribution is 0.0639. The van der Waals surface area contributed by atoms with Gasteiger partial charge in [0.25, 0.3) is 0 Å². The highest BCUT2D eigenvalue weighted by Gasteiger charge is 2.39. The Balaban J connectivity index is 5.26. The highest BCUT2D eigenvalue weighted by atomic mass is 15.2. The van der Waals surface area contributed by atoms with Gasteiger partial charge in [0, 0.05) is 11.6 Å². The Morgan fingerprint density at radius 2 is 1.62 bits per heavy atom. The summed E-state index contributed by atoms with van der Waals surface area (Å²) in [4.78, 5) is 2.57. The van der Waals surface area contributed by atoms with Gasteiger partial charge in [0.15, 0.2) is 0 Å². The van der Waals surface area contributed by atoms with E-state index < -0.39 is 0 Å². The van der Waals surface area contributed by atoms with E-state index in [4.69, 9.17) is 0 Å². The summed E-state index contributed by atoms with van der Waals surface area (Å²) in [6, 6.07) is 0.377. The predicted molar refractivity (Wildman–Crippen MR) is 73.9 cm³/mol. The van der Waals surface area contributed by atoms with E-state index in [-0.39, 0.29) is 5.54 Å². The third kappa shape index (κ3) is 2.86. The first-order valence-electron chi connectivity index (χ1n) is 6.61. The van der Waals surface area contributed by atoms with Crippen molar-refractivity contribution in [2.45, 2.75) is 59.0 Å². The Morgan fingerprint density at radius 3 is 1.81 bits per heavy atom. The number of rotatable bonds is 8. The summed E-state index contributed by atoms with van der Waals surface area (Å²) in [7, 11) is 2.04. The molecule has 0 saturated carbocycles. The summed E-state index contributed by atoms with van der Waals surface area (Å²) in [5.41, 5.74) is 1.45. The molecule has 0 heterocycles. The molecule has 0 aliphatic heterocycles. The van der Waals surface area contributed by atoms with Crippen LogP contribution in [0.1, 0.15) is 47.5 Å². The van der Waals surface area contributed by atoms with Gasteiger partial charge in [-0.25, -0.2) is 0 Å². The fourth-order valence-electron chi connectivity index (χ4n) is 3.12. The van der Waals surface area contributed by atoms with Crippen LogP contribution in [0.5, 0.6) is 0 Å². The van der Waals surface area contributed by atoms with Crippen molar-refractivity contribution in [1.82, 2.24) is 10.2 Å². The van der Waals surface area contributed by atoms with Crippen molar-refractivity contribution in [3.05, 3.63) is 12.2 Å². The zero-order chi connectivity index (χ0) is 12.8. The number of likely N-dealkylation sites (N-methyl/N-ethyl adjacent to an activating group) is 2. The van der Waals surface area contributed by atoms with Crippen LogP contribution in [0.15, 0.2) is 12.2 Å². The molecule has 2 heteroatoms. The minimum atomic E-state index is 0.212. The molecule has 0 aromatic carbocycles. The summed E-state index contributed by atoms with van der Waals surface area (Å²) in [6.07, 6.45) is 2.31. The number of hydrogen-bond acceptors (Lipinski definition) is 2. The molecule has 0 radical (unpaired) electrons. The minimum absolute atomic E-state index is 0.212. The second kappa shape index (κ2) is 7.08. The molecule has 0 bridgehead atoms. The molecule has 1 N–H and O–H groups in total. The van der Waals surface area contributed by atoms with E-state index in [0.29, 0.717) is 6.04 Å². The summed E-state index contributed by atoms with van der Waals surface area (Å²) < 4.78 is 0. The molecule has 1 atom stereocenters. The van der Waals surface area contributed by atoms with Crippen molar-refractivity contribution in [2.24, 2.45) is 0 Å². The zero-order valence-corrected chi connectivity index (χ0v) is 12.1. The van der Waals surface area contributed by atoms with Crippen LogP contribution in [-0.2, 0) is 0 Å². The van der Waals surface area contributed by atoms with Gasteiger partial charge in [-0.05, 0) is 39.9 Å². The molecule has 0 aromatic heterocycles. The summed E-state index contributed by atoms with van der Waals surface area (Å²) in [5, 5.41) is 3.45. The van der Waals surface area contributed by atoms with Crippen LogP contribution in [0, 0.1) is 0 Å². The Labute approximate surface area is 102 Å². The molecule has 0 aliphatic rings. The van der Waals surface area contributed by atoms with Crippen molar-refractivity contribution in [3.63, 3.8) is 0 Å². The topological polar surface area (TPSA) is 15.3 Å². The first-order chi connectivity index (χ1) is 7.53. The van der Waals surface area contributed by atoms with Crippen LogP contribution in [0.25, 0.3) is 0 Å². The average Bonchev–Trinajstić information content (AvgIpc) is 2.28. The van der Waals surface area contributed by atoms with Crippen LogP contribution in [0.4, 0.5) is 0 Å². The number of nitrogens with zero attached hydrogens (tertiary/aromatic N) is 1. The molecule has 1 unspecified atom stereocenters. The second-order valence-electron chi connectivity index (χ2n) is 4.55. The van der Waals surface area contributed by atoms with E-state index >= 15 is 0 Å². The highest BCUT2D eigenvalue weighted by molar-refractivity contribution is 5.14. The van der Waals surface area contributed by atoms with Crippen LogP contribution >= 0.6 is 0 Å². The molecule has 2 nitrogen and oxygen atoms in total. The van der Waals surface area contributed by atoms with Gasteiger partial charge in [-0.2, -0.15) is 0 Å². The van der Waals surface area contributed by atoms with E-state index in [9.17, 15) is 0 Å². The van der Waals surface area contributed by atoms with Crippen LogP contribution in [-0.4, -0.2) is 36.6 Å². The fourth-order valence-corrected chi connectivity index (χ4v) is 3.12. The molecule has 0 spiro atoms. The van der Waals surface area contributed by atoms with Gasteiger partial charge in [0.1, 0.15) is 0 Å². The van der Waals surface area contributed by atoms with Gasteiger partial charge in [-0.1, -0.05) is 39.8 Å². The van der Waals surface area contributed by atoms with Crippen LogP contribution in [0.2, 0.25) is 0 Å². The lowest BCUT2D eigenvalue weighted by Gasteiger charge is -2.48. The molecule has 0 saturated heterocycles. The second-order valence-corrected chi connectivity index (χ2v) is 4.55. The van der Waals surface area contributed by atoms with Crippen molar-refractivity contribution in [3.8, 4) is 0 Å². The maximum Gasteiger partial charge on any atom is 0.0458 e. The quantitative estimate of drug-likeness (QED) is 0.640. The van der Waals surface area contributed by atoms with Crippen molar-refractivity contribution < 1.29 is 0 Å². The third-order valence-corrected chi connectivity index (χ3v) is 3.94. The van der Waals surface area contributed by atoms with Crippen molar-refractivity contribution in [2.75, 3.05) is 20.1 Å². The van der Waals surface area contributed by atoms with E-state index in [2.05, 4.69) is 51.4 Å². The average molecular weight is 226 g/mol. The standard InChI is InChI=1S/C14H30N2/c1-8-14(9-2,16(10-3)11-4)13(15-7)12(5)6/h13,15H,5,8-11H2,1-4,6-7H3. The molecular weight excluding hydrogens is 196 g/mol. The zero-order valence-electron chi connectivity index (χ0n) is 12.1. The normalized spacial score (nSPS) is 14.2. The van der Waals surface area contributed by atoms with Crippen molar-refractivity contribution >= 4 is 0 Å². The van der Waals surface area contributed by atoms with E-state index in [1.165, 1.54) is 5.57 Å². The van der Waals surface area contributed by atoms with Gasteiger partial charge in [-0.15, -0.1) is 0 Å². The van der Waals surface area contributed by atoms with Crippen LogP contribution < -0.4 is 5.32 Å². The SMILES string of the molecule is C=C(C)C(NC)C(CC)(CC)N(CC)CC. The highest BCUT2D eigenvalue weighted by Crippen LogP contribution is 2.30. The lowest BCUT2D eigenvalue weighted by Crippen LogP contribution is -2.60. The predicted octanol–water partition coefficient (Wildman–Crippen LogP) is 3.05. The Bertz CT molecular complexity index is 203. The van der Waals surface area contributed by atoms with Gasteiger partial charge >= 0.3 is 0 Å². The maximum atomic E-state index is 4.15. The molecule has 0 aliphatic carbocycles. The smallest absolute Gasteiger partial charge is 0.0458 e. The molecular formula is C14H30N2. The third-order valence-electron chi connectivity index (χ3n) is 3.94. The maximum absolute atomic E-state index is 4.15. The van der Waals surface area contributed by atoms with Gasteiger partial charge < -0.3 is 5.32 Å². The molecule has 0 amide bonds. The summed E-state index contributed by atoms with van der Waals surface area (Å²) in [5.74, 6) is 0.